The summed E-state index contributed by atoms with van der Waals surface area (Å²) < 4.78 is 10.5. The number of carbonyl (C=O) groups excluding carboxylic acids is 1. The second kappa shape index (κ2) is 7.06. The van der Waals surface area contributed by atoms with Crippen molar-refractivity contribution in [1.29, 1.82) is 0 Å². The number of hydrogen-bond donors (Lipinski definition) is 4. The third kappa shape index (κ3) is 4.67. The highest BCUT2D eigenvalue weighted by Gasteiger charge is 2.35. The van der Waals surface area contributed by atoms with E-state index >= 15 is 0 Å². The van der Waals surface area contributed by atoms with Gasteiger partial charge in [-0.3, -0.25) is 4.79 Å². The van der Waals surface area contributed by atoms with Gasteiger partial charge in [0.05, 0.1) is 19.6 Å². The SMILES string of the molecule is COC1(CNC(=O)N[C@H](CC(=O)O)C(=O)O)CCOC1. The van der Waals surface area contributed by atoms with Crippen LogP contribution >= 0.6 is 0 Å². The summed E-state index contributed by atoms with van der Waals surface area (Å²) in [5, 5.41) is 21.9. The Kier molecular flexibility index (Phi) is 5.71. The van der Waals surface area contributed by atoms with Crippen LogP contribution in [0.3, 0.4) is 0 Å². The van der Waals surface area contributed by atoms with Gasteiger partial charge in [-0.2, -0.15) is 0 Å². The van der Waals surface area contributed by atoms with Gasteiger partial charge in [0.1, 0.15) is 11.6 Å². The van der Waals surface area contributed by atoms with Gasteiger partial charge in [0.25, 0.3) is 0 Å². The Morgan fingerprint density at radius 2 is 2.10 bits per heavy atom. The highest BCUT2D eigenvalue weighted by molar-refractivity contribution is 5.86. The Balaban J connectivity index is 2.45. The third-order valence-corrected chi connectivity index (χ3v) is 3.05. The maximum absolute atomic E-state index is 11.6. The number of rotatable bonds is 7. The summed E-state index contributed by atoms with van der Waals surface area (Å²) in [6.45, 7) is 1.00. The molecule has 0 aromatic heterocycles. The summed E-state index contributed by atoms with van der Waals surface area (Å²) in [6, 6.07) is -2.24. The van der Waals surface area contributed by atoms with E-state index < -0.39 is 36.0 Å². The van der Waals surface area contributed by atoms with Gasteiger partial charge in [0, 0.05) is 20.1 Å². The van der Waals surface area contributed by atoms with Crippen molar-refractivity contribution in [2.24, 2.45) is 0 Å². The molecule has 9 nitrogen and oxygen atoms in total. The summed E-state index contributed by atoms with van der Waals surface area (Å²) in [6.07, 6.45) is -0.0808. The summed E-state index contributed by atoms with van der Waals surface area (Å²) in [4.78, 5) is 32.9. The molecule has 0 spiro atoms. The van der Waals surface area contributed by atoms with E-state index in [2.05, 4.69) is 10.6 Å². The number of aliphatic carboxylic acids is 2. The zero-order valence-corrected chi connectivity index (χ0v) is 11.0. The van der Waals surface area contributed by atoms with E-state index in [0.29, 0.717) is 19.6 Å². The van der Waals surface area contributed by atoms with Crippen LogP contribution in [0.25, 0.3) is 0 Å². The van der Waals surface area contributed by atoms with Gasteiger partial charge < -0.3 is 30.3 Å². The third-order valence-electron chi connectivity index (χ3n) is 3.05. The van der Waals surface area contributed by atoms with Crippen molar-refractivity contribution in [3.05, 3.63) is 0 Å². The van der Waals surface area contributed by atoms with Crippen molar-refractivity contribution in [2.75, 3.05) is 26.9 Å². The van der Waals surface area contributed by atoms with E-state index in [1.54, 1.807) is 0 Å². The van der Waals surface area contributed by atoms with E-state index in [0.717, 1.165) is 0 Å². The van der Waals surface area contributed by atoms with E-state index in [-0.39, 0.29) is 6.54 Å². The lowest BCUT2D eigenvalue weighted by Crippen LogP contribution is -2.51. The second-order valence-corrected chi connectivity index (χ2v) is 4.51. The fourth-order valence-corrected chi connectivity index (χ4v) is 1.79. The molecule has 1 unspecified atom stereocenters. The van der Waals surface area contributed by atoms with Crippen LogP contribution in [0.4, 0.5) is 4.79 Å². The van der Waals surface area contributed by atoms with Gasteiger partial charge in [0.2, 0.25) is 0 Å². The van der Waals surface area contributed by atoms with Crippen LogP contribution in [-0.4, -0.2) is 66.7 Å². The fourth-order valence-electron chi connectivity index (χ4n) is 1.79. The van der Waals surface area contributed by atoms with Gasteiger partial charge in [0.15, 0.2) is 0 Å². The predicted molar refractivity (Wildman–Crippen MR) is 65.4 cm³/mol. The molecule has 0 aromatic carbocycles. The van der Waals surface area contributed by atoms with Crippen LogP contribution in [-0.2, 0) is 19.1 Å². The monoisotopic (exact) mass is 290 g/mol. The molecular formula is C11H18N2O7. The number of nitrogens with one attached hydrogen (secondary N) is 2. The molecule has 20 heavy (non-hydrogen) atoms. The maximum atomic E-state index is 11.6. The topological polar surface area (TPSA) is 134 Å². The first-order chi connectivity index (χ1) is 9.38. The normalized spacial score (nSPS) is 23.1. The molecule has 1 aliphatic heterocycles. The van der Waals surface area contributed by atoms with Crippen LogP contribution in [0.5, 0.6) is 0 Å². The minimum absolute atomic E-state index is 0.148. The highest BCUT2D eigenvalue weighted by Crippen LogP contribution is 2.21. The molecule has 1 heterocycles. The molecule has 4 N–H and O–H groups in total. The van der Waals surface area contributed by atoms with Crippen LogP contribution in [0.15, 0.2) is 0 Å². The van der Waals surface area contributed by atoms with Crippen molar-refractivity contribution in [2.45, 2.75) is 24.5 Å². The molecule has 0 aromatic rings. The molecule has 0 aliphatic carbocycles. The molecule has 1 aliphatic rings. The molecular weight excluding hydrogens is 272 g/mol. The number of carbonyl (C=O) groups is 3. The van der Waals surface area contributed by atoms with Gasteiger partial charge in [-0.1, -0.05) is 0 Å². The first-order valence-electron chi connectivity index (χ1n) is 6.00. The molecule has 0 radical (unpaired) electrons. The average Bonchev–Trinajstić information content (AvgIpc) is 2.84. The average molecular weight is 290 g/mol. The van der Waals surface area contributed by atoms with Crippen molar-refractivity contribution in [3.63, 3.8) is 0 Å². The van der Waals surface area contributed by atoms with Crippen LogP contribution < -0.4 is 10.6 Å². The Labute approximate surface area is 115 Å². The Hall–Kier alpha value is -1.87. The number of carboxylic acid groups (broad SMARTS) is 2. The molecule has 1 rings (SSSR count). The van der Waals surface area contributed by atoms with Crippen molar-refractivity contribution >= 4 is 18.0 Å². The number of amides is 2. The first-order valence-corrected chi connectivity index (χ1v) is 6.00. The van der Waals surface area contributed by atoms with Gasteiger partial charge in [-0.15, -0.1) is 0 Å². The largest absolute Gasteiger partial charge is 0.481 e. The quantitative estimate of drug-likeness (QED) is 0.473. The van der Waals surface area contributed by atoms with Crippen LogP contribution in [0.1, 0.15) is 12.8 Å². The molecule has 0 bridgehead atoms. The number of methoxy groups -OCH3 is 1. The van der Waals surface area contributed by atoms with E-state index in [9.17, 15) is 14.4 Å². The van der Waals surface area contributed by atoms with Crippen molar-refractivity contribution in [1.82, 2.24) is 10.6 Å². The van der Waals surface area contributed by atoms with E-state index in [4.69, 9.17) is 19.7 Å². The molecule has 0 saturated carbocycles. The van der Waals surface area contributed by atoms with Gasteiger partial charge in [-0.25, -0.2) is 9.59 Å². The lowest BCUT2D eigenvalue weighted by Gasteiger charge is -2.26. The lowest BCUT2D eigenvalue weighted by atomic mass is 10.0. The molecule has 114 valence electrons. The summed E-state index contributed by atoms with van der Waals surface area (Å²) in [5.74, 6) is -2.72. The predicted octanol–water partition coefficient (Wildman–Crippen LogP) is -0.981. The smallest absolute Gasteiger partial charge is 0.326 e. The number of hydrogen-bond acceptors (Lipinski definition) is 5. The minimum Gasteiger partial charge on any atom is -0.481 e. The zero-order chi connectivity index (χ0) is 15.2. The molecule has 2 amide bonds. The van der Waals surface area contributed by atoms with E-state index in [1.807, 2.05) is 0 Å². The van der Waals surface area contributed by atoms with Crippen molar-refractivity contribution < 1.29 is 34.1 Å². The second-order valence-electron chi connectivity index (χ2n) is 4.51. The highest BCUT2D eigenvalue weighted by atomic mass is 16.5. The maximum Gasteiger partial charge on any atom is 0.326 e. The molecule has 1 fully saturated rings. The number of ether oxygens (including phenoxy) is 2. The molecule has 2 atom stereocenters. The summed E-state index contributed by atoms with van der Waals surface area (Å²) >= 11 is 0. The molecule has 9 heteroatoms. The Bertz CT molecular complexity index is 379. The van der Waals surface area contributed by atoms with Crippen LogP contribution in [0, 0.1) is 0 Å². The molecule has 1 saturated heterocycles. The fraction of sp³-hybridized carbons (Fsp3) is 0.727. The summed E-state index contributed by atoms with van der Waals surface area (Å²) in [5.41, 5.74) is -0.622. The Morgan fingerprint density at radius 3 is 2.55 bits per heavy atom. The zero-order valence-electron chi connectivity index (χ0n) is 11.0. The summed E-state index contributed by atoms with van der Waals surface area (Å²) in [7, 11) is 1.50. The van der Waals surface area contributed by atoms with Gasteiger partial charge in [-0.05, 0) is 0 Å². The van der Waals surface area contributed by atoms with Crippen molar-refractivity contribution in [3.8, 4) is 0 Å². The van der Waals surface area contributed by atoms with E-state index in [1.165, 1.54) is 7.11 Å². The number of urea groups is 1. The standard InChI is InChI=1S/C11H18N2O7/c1-19-11(2-3-20-6-11)5-12-10(18)13-7(9(16)17)4-8(14)15/h7H,2-6H2,1H3,(H,14,15)(H,16,17)(H2,12,13,18)/t7-,11?/m1/s1. The van der Waals surface area contributed by atoms with Crippen LogP contribution in [0.2, 0.25) is 0 Å². The minimum atomic E-state index is -1.48. The Morgan fingerprint density at radius 1 is 1.40 bits per heavy atom. The first kappa shape index (κ1) is 16.2. The van der Waals surface area contributed by atoms with Gasteiger partial charge >= 0.3 is 18.0 Å². The number of carboxylic acids is 2. The lowest BCUT2D eigenvalue weighted by molar-refractivity contribution is -0.145.